The van der Waals surface area contributed by atoms with Gasteiger partial charge < -0.3 is 20.3 Å². The number of carbonyl (C=O) groups is 3. The zero-order valence-corrected chi connectivity index (χ0v) is 23.9. The second-order valence-electron chi connectivity index (χ2n) is 9.42. The molecule has 1 atom stereocenters. The number of aromatic nitrogens is 3. The van der Waals surface area contributed by atoms with Crippen molar-refractivity contribution in [3.63, 3.8) is 0 Å². The van der Waals surface area contributed by atoms with Gasteiger partial charge in [-0.1, -0.05) is 30.2 Å². The summed E-state index contributed by atoms with van der Waals surface area (Å²) in [5, 5.41) is 12.0. The number of fused-ring (bicyclic) bond motifs is 1. The fourth-order valence-corrected chi connectivity index (χ4v) is 4.39. The van der Waals surface area contributed by atoms with Crippen LogP contribution < -0.4 is 20.3 Å². The number of anilines is 1. The number of likely N-dealkylation sites (N-methyl/N-ethyl adjacent to an activating group) is 1. The third-order valence-electron chi connectivity index (χ3n) is 6.10. The van der Waals surface area contributed by atoms with Crippen molar-refractivity contribution in [3.05, 3.63) is 71.3 Å². The van der Waals surface area contributed by atoms with Crippen LogP contribution in [0.2, 0.25) is 0 Å². The normalized spacial score (nSPS) is 14.6. The molecular weight excluding hydrogens is 564 g/mol. The number of amides is 3. The highest BCUT2D eigenvalue weighted by molar-refractivity contribution is 7.85. The van der Waals surface area contributed by atoms with Gasteiger partial charge in [-0.25, -0.2) is 4.98 Å². The first-order chi connectivity index (χ1) is 20.1. The van der Waals surface area contributed by atoms with Crippen LogP contribution in [0.3, 0.4) is 0 Å². The molecule has 1 aliphatic heterocycles. The fourth-order valence-electron chi connectivity index (χ4n) is 3.97. The van der Waals surface area contributed by atoms with Crippen LogP contribution >= 0.6 is 0 Å². The highest BCUT2D eigenvalue weighted by Crippen LogP contribution is 2.29. The molecule has 1 aliphatic rings. The lowest BCUT2D eigenvalue weighted by molar-refractivity contribution is -0.120. The number of hydrogen-bond acceptors (Lipinski definition) is 9. The number of nitrogens with one attached hydrogen (secondary N) is 3. The topological polar surface area (TPSA) is 173 Å². The number of nitrogens with zero attached hydrogens (tertiary/aromatic N) is 3. The zero-order valence-electron chi connectivity index (χ0n) is 23.0. The summed E-state index contributed by atoms with van der Waals surface area (Å²) in [5.41, 5.74) is 2.12. The molecule has 0 bridgehead atoms. The van der Waals surface area contributed by atoms with Crippen LogP contribution in [0.1, 0.15) is 40.4 Å². The summed E-state index contributed by atoms with van der Waals surface area (Å²) in [6.07, 6.45) is 2.39. The van der Waals surface area contributed by atoms with Crippen molar-refractivity contribution in [1.82, 2.24) is 25.8 Å². The summed E-state index contributed by atoms with van der Waals surface area (Å²) in [6, 6.07) is 13.4. The number of para-hydroxylation sites is 2. The van der Waals surface area contributed by atoms with E-state index in [1.807, 2.05) is 12.1 Å². The predicted octanol–water partition coefficient (Wildman–Crippen LogP) is 0.773. The molecule has 0 aliphatic carbocycles. The average Bonchev–Trinajstić information content (AvgIpc) is 3.40. The Hall–Kier alpha value is -4.74. The van der Waals surface area contributed by atoms with Crippen LogP contribution in [-0.2, 0) is 30.3 Å². The lowest BCUT2D eigenvalue weighted by atomic mass is 10.1. The van der Waals surface area contributed by atoms with Gasteiger partial charge in [0.15, 0.2) is 0 Å². The maximum atomic E-state index is 12.9. The summed E-state index contributed by atoms with van der Waals surface area (Å²) in [6.45, 7) is 0.398. The van der Waals surface area contributed by atoms with Gasteiger partial charge in [0.25, 0.3) is 27.8 Å². The van der Waals surface area contributed by atoms with Crippen molar-refractivity contribution in [3.8, 4) is 17.6 Å². The summed E-state index contributed by atoms with van der Waals surface area (Å²) in [7, 11) is -1.83. The number of ether oxygens (including phenoxy) is 1. The maximum absolute atomic E-state index is 12.9. The van der Waals surface area contributed by atoms with E-state index in [0.717, 1.165) is 11.8 Å². The van der Waals surface area contributed by atoms with E-state index in [-0.39, 0.29) is 24.9 Å². The minimum Gasteiger partial charge on any atom is -0.489 e. The van der Waals surface area contributed by atoms with Gasteiger partial charge in [-0.15, -0.1) is 5.10 Å². The third kappa shape index (κ3) is 8.63. The number of benzene rings is 2. The van der Waals surface area contributed by atoms with Gasteiger partial charge >= 0.3 is 0 Å². The first-order valence-electron chi connectivity index (χ1n) is 13.0. The molecule has 4 rings (SSSR count). The van der Waals surface area contributed by atoms with Crippen LogP contribution in [0.4, 0.5) is 5.69 Å². The standard InChI is InChI=1S/C28H30N6O7S/c1-34-22-7-3-4-8-23(22)40-18-21(28(34)37)30-27(36)26-31-24(32-33-26)17-20-11-9-19(10-12-20)13-14-25(35)29-15-5-6-16-41-42(2,38)39/h3-4,7-12,21H,5-6,15-18H2,1-2H3,(H,29,35)(H,30,36)(H,31,32,33)/t21-/m0/s1. The summed E-state index contributed by atoms with van der Waals surface area (Å²) in [4.78, 5) is 43.3. The number of unbranched alkanes of at least 4 members (excludes halogenated alkanes) is 1. The van der Waals surface area contributed by atoms with Crippen molar-refractivity contribution in [1.29, 1.82) is 0 Å². The molecule has 0 saturated heterocycles. The summed E-state index contributed by atoms with van der Waals surface area (Å²) >= 11 is 0. The third-order valence-corrected chi connectivity index (χ3v) is 6.70. The van der Waals surface area contributed by atoms with E-state index in [1.165, 1.54) is 4.90 Å². The van der Waals surface area contributed by atoms with E-state index in [4.69, 9.17) is 4.74 Å². The molecule has 42 heavy (non-hydrogen) atoms. The maximum Gasteiger partial charge on any atom is 0.296 e. The lowest BCUT2D eigenvalue weighted by Crippen LogP contribution is -2.49. The van der Waals surface area contributed by atoms with Gasteiger partial charge in [0, 0.05) is 31.5 Å². The smallest absolute Gasteiger partial charge is 0.296 e. The first kappa shape index (κ1) is 30.2. The van der Waals surface area contributed by atoms with Gasteiger partial charge in [-0.3, -0.25) is 23.7 Å². The molecule has 13 nitrogen and oxygen atoms in total. The molecule has 14 heteroatoms. The highest BCUT2D eigenvalue weighted by atomic mass is 32.2. The molecule has 0 fully saturated rings. The molecule has 0 saturated carbocycles. The quantitative estimate of drug-likeness (QED) is 0.174. The number of H-pyrrole nitrogens is 1. The van der Waals surface area contributed by atoms with E-state index in [1.54, 1.807) is 43.4 Å². The highest BCUT2D eigenvalue weighted by Gasteiger charge is 2.31. The van der Waals surface area contributed by atoms with Crippen molar-refractivity contribution < 1.29 is 31.7 Å². The minimum atomic E-state index is -3.46. The number of aromatic amines is 1. The second-order valence-corrected chi connectivity index (χ2v) is 11.1. The average molecular weight is 595 g/mol. The summed E-state index contributed by atoms with van der Waals surface area (Å²) in [5.74, 6) is 4.84. The Morgan fingerprint density at radius 2 is 1.93 bits per heavy atom. The van der Waals surface area contributed by atoms with Crippen molar-refractivity contribution in [2.24, 2.45) is 0 Å². The van der Waals surface area contributed by atoms with Crippen LogP contribution in [0.25, 0.3) is 0 Å². The first-order valence-corrected chi connectivity index (χ1v) is 14.9. The predicted molar refractivity (Wildman–Crippen MR) is 152 cm³/mol. The Labute approximate surface area is 243 Å². The van der Waals surface area contributed by atoms with Crippen LogP contribution in [0.15, 0.2) is 48.5 Å². The van der Waals surface area contributed by atoms with E-state index in [9.17, 15) is 22.8 Å². The Balaban J connectivity index is 1.24. The number of rotatable bonds is 10. The molecule has 2 heterocycles. The Kier molecular flexibility index (Phi) is 9.89. The number of hydrogen-bond donors (Lipinski definition) is 3. The van der Waals surface area contributed by atoms with Crippen LogP contribution in [-0.4, -0.2) is 80.4 Å². The van der Waals surface area contributed by atoms with Gasteiger partial charge in [-0.2, -0.15) is 8.42 Å². The van der Waals surface area contributed by atoms with Gasteiger partial charge in [0.2, 0.25) is 5.82 Å². The minimum absolute atomic E-state index is 0.0250. The van der Waals surface area contributed by atoms with Crippen molar-refractivity contribution in [2.75, 3.05) is 38.0 Å². The summed E-state index contributed by atoms with van der Waals surface area (Å²) < 4.78 is 32.2. The van der Waals surface area contributed by atoms with Gasteiger partial charge in [-0.05, 0) is 42.7 Å². The van der Waals surface area contributed by atoms with Gasteiger partial charge in [0.1, 0.15) is 24.2 Å². The van der Waals surface area contributed by atoms with E-state index in [2.05, 4.69) is 41.8 Å². The monoisotopic (exact) mass is 594 g/mol. The molecule has 0 spiro atoms. The molecule has 3 aromatic rings. The van der Waals surface area contributed by atoms with Crippen molar-refractivity contribution in [2.45, 2.75) is 25.3 Å². The second kappa shape index (κ2) is 13.7. The molecule has 3 N–H and O–H groups in total. The molecule has 2 aromatic carbocycles. The lowest BCUT2D eigenvalue weighted by Gasteiger charge is -2.19. The Morgan fingerprint density at radius 3 is 2.69 bits per heavy atom. The number of carbonyl (C=O) groups excluding carboxylic acids is 3. The molecule has 220 valence electrons. The van der Waals surface area contributed by atoms with E-state index >= 15 is 0 Å². The fraction of sp³-hybridized carbons (Fsp3) is 0.321. The van der Waals surface area contributed by atoms with Crippen LogP contribution in [0.5, 0.6) is 5.75 Å². The molecule has 0 radical (unpaired) electrons. The zero-order chi connectivity index (χ0) is 30.1. The molecular formula is C28H30N6O7S. The largest absolute Gasteiger partial charge is 0.489 e. The Morgan fingerprint density at radius 1 is 1.17 bits per heavy atom. The Bertz CT molecular complexity index is 1610. The van der Waals surface area contributed by atoms with Crippen LogP contribution in [0, 0.1) is 11.8 Å². The SMILES string of the molecule is CN1C(=O)[C@@H](NC(=O)c2n[nH]c(Cc3ccc(C#CC(=O)NCCCCOS(C)(=O)=O)cc3)n2)COc2ccccc21. The van der Waals surface area contributed by atoms with Crippen molar-refractivity contribution >= 4 is 33.5 Å². The molecule has 1 aromatic heterocycles. The van der Waals surface area contributed by atoms with Gasteiger partial charge in [0.05, 0.1) is 18.6 Å². The molecule has 0 unspecified atom stereocenters. The van der Waals surface area contributed by atoms with E-state index < -0.39 is 28.0 Å². The van der Waals surface area contributed by atoms with E-state index in [0.29, 0.717) is 48.6 Å². The molecule has 3 amide bonds.